The second-order valence-electron chi connectivity index (χ2n) is 4.62. The van der Waals surface area contributed by atoms with Gasteiger partial charge in [0.05, 0.1) is 10.5 Å². The van der Waals surface area contributed by atoms with Crippen LogP contribution in [0.2, 0.25) is 5.02 Å². The average Bonchev–Trinajstić information content (AvgIpc) is 3.07. The number of hydrogen-bond acceptors (Lipinski definition) is 4. The Bertz CT molecular complexity index is 814. The van der Waals surface area contributed by atoms with Gasteiger partial charge in [-0.3, -0.25) is 10.1 Å². The third-order valence-electron chi connectivity index (χ3n) is 3.10. The number of rotatable bonds is 4. The van der Waals surface area contributed by atoms with Crippen molar-refractivity contribution in [2.24, 2.45) is 0 Å². The van der Waals surface area contributed by atoms with Gasteiger partial charge in [0.2, 0.25) is 16.8 Å². The van der Waals surface area contributed by atoms with Gasteiger partial charge in [0.1, 0.15) is 0 Å². The smallest absolute Gasteiger partial charge is 0.250 e. The van der Waals surface area contributed by atoms with E-state index in [4.69, 9.17) is 11.6 Å². The summed E-state index contributed by atoms with van der Waals surface area (Å²) in [6, 6.07) is 7.51. The molecule has 0 saturated heterocycles. The minimum absolute atomic E-state index is 0.145. The summed E-state index contributed by atoms with van der Waals surface area (Å²) in [4.78, 5) is 16.7. The summed E-state index contributed by atoms with van der Waals surface area (Å²) in [7, 11) is 0. The van der Waals surface area contributed by atoms with Crippen molar-refractivity contribution in [1.82, 2.24) is 14.6 Å². The Hall–Kier alpha value is -1.44. The second-order valence-corrected chi connectivity index (χ2v) is 7.00. The number of hydrogen-bond donors (Lipinski definition) is 1. The summed E-state index contributed by atoms with van der Waals surface area (Å²) >= 11 is 10.7. The van der Waals surface area contributed by atoms with Crippen LogP contribution in [0.4, 0.5) is 5.95 Å². The highest BCUT2D eigenvalue weighted by molar-refractivity contribution is 9.10. The molecular formula is C14H12BrClN4OS. The van der Waals surface area contributed by atoms with Crippen molar-refractivity contribution >= 4 is 55.7 Å². The van der Waals surface area contributed by atoms with Crippen LogP contribution in [0.5, 0.6) is 0 Å². The fourth-order valence-electron chi connectivity index (χ4n) is 1.93. The van der Waals surface area contributed by atoms with Crippen LogP contribution in [0.25, 0.3) is 16.2 Å². The SMILES string of the molecule is CCC(Br)C(=O)Nc1nc2scc(-c3ccc(Cl)cc3)n2n1. The summed E-state index contributed by atoms with van der Waals surface area (Å²) < 4.78 is 1.72. The van der Waals surface area contributed by atoms with Gasteiger partial charge < -0.3 is 0 Å². The fraction of sp³-hybridized carbons (Fsp3) is 0.214. The minimum Gasteiger partial charge on any atom is -0.292 e. The third kappa shape index (κ3) is 3.02. The van der Waals surface area contributed by atoms with Crippen molar-refractivity contribution in [2.75, 3.05) is 5.32 Å². The van der Waals surface area contributed by atoms with E-state index in [1.54, 1.807) is 4.52 Å². The van der Waals surface area contributed by atoms with Crippen LogP contribution in [-0.2, 0) is 4.79 Å². The van der Waals surface area contributed by atoms with Crippen molar-refractivity contribution < 1.29 is 4.79 Å². The molecule has 0 radical (unpaired) electrons. The predicted octanol–water partition coefficient (Wildman–Crippen LogP) is 4.22. The lowest BCUT2D eigenvalue weighted by molar-refractivity contribution is -0.115. The number of fused-ring (bicyclic) bond motifs is 1. The maximum atomic E-state index is 11.9. The molecule has 1 amide bonds. The first-order chi connectivity index (χ1) is 10.6. The highest BCUT2D eigenvalue weighted by Crippen LogP contribution is 2.27. The summed E-state index contributed by atoms with van der Waals surface area (Å²) in [6.07, 6.45) is 0.698. The van der Waals surface area contributed by atoms with Crippen LogP contribution in [0.15, 0.2) is 29.6 Å². The zero-order valence-corrected chi connectivity index (χ0v) is 14.7. The summed E-state index contributed by atoms with van der Waals surface area (Å²) in [5.74, 6) is 0.166. The Morgan fingerprint density at radius 1 is 1.45 bits per heavy atom. The molecule has 22 heavy (non-hydrogen) atoms. The first-order valence-electron chi connectivity index (χ1n) is 6.63. The van der Waals surface area contributed by atoms with E-state index in [9.17, 15) is 4.79 Å². The van der Waals surface area contributed by atoms with Crippen molar-refractivity contribution in [3.05, 3.63) is 34.7 Å². The molecule has 0 bridgehead atoms. The quantitative estimate of drug-likeness (QED) is 0.668. The van der Waals surface area contributed by atoms with Crippen LogP contribution in [0, 0.1) is 0 Å². The van der Waals surface area contributed by atoms with E-state index in [0.717, 1.165) is 16.2 Å². The lowest BCUT2D eigenvalue weighted by atomic mass is 10.2. The second kappa shape index (κ2) is 6.36. The zero-order chi connectivity index (χ0) is 15.7. The van der Waals surface area contributed by atoms with Gasteiger partial charge in [-0.2, -0.15) is 4.98 Å². The lowest BCUT2D eigenvalue weighted by Gasteiger charge is -2.04. The maximum Gasteiger partial charge on any atom is 0.250 e. The van der Waals surface area contributed by atoms with Crippen molar-refractivity contribution in [3.8, 4) is 11.3 Å². The van der Waals surface area contributed by atoms with Gasteiger partial charge in [0, 0.05) is 16.0 Å². The number of nitrogens with one attached hydrogen (secondary N) is 1. The fourth-order valence-corrected chi connectivity index (χ4v) is 3.00. The topological polar surface area (TPSA) is 59.3 Å². The molecule has 0 fully saturated rings. The van der Waals surface area contributed by atoms with E-state index < -0.39 is 0 Å². The molecule has 1 aromatic carbocycles. The Morgan fingerprint density at radius 3 is 2.86 bits per heavy atom. The summed E-state index contributed by atoms with van der Waals surface area (Å²) in [5.41, 5.74) is 1.90. The summed E-state index contributed by atoms with van der Waals surface area (Å²) in [6.45, 7) is 1.93. The number of anilines is 1. The molecule has 8 heteroatoms. The van der Waals surface area contributed by atoms with Crippen molar-refractivity contribution in [3.63, 3.8) is 0 Å². The number of aromatic nitrogens is 3. The number of halogens is 2. The molecule has 3 rings (SSSR count). The van der Waals surface area contributed by atoms with Gasteiger partial charge >= 0.3 is 0 Å². The van der Waals surface area contributed by atoms with Crippen LogP contribution in [-0.4, -0.2) is 25.3 Å². The third-order valence-corrected chi connectivity index (χ3v) is 5.23. The van der Waals surface area contributed by atoms with Crippen LogP contribution >= 0.6 is 38.9 Å². The van der Waals surface area contributed by atoms with E-state index >= 15 is 0 Å². The molecular weight excluding hydrogens is 388 g/mol. The predicted molar refractivity (Wildman–Crippen MR) is 92.9 cm³/mol. The van der Waals surface area contributed by atoms with E-state index in [-0.39, 0.29) is 10.7 Å². The molecule has 0 saturated carbocycles. The minimum atomic E-state index is -0.246. The number of carbonyl (C=O) groups is 1. The normalized spacial score (nSPS) is 12.5. The monoisotopic (exact) mass is 398 g/mol. The highest BCUT2D eigenvalue weighted by atomic mass is 79.9. The number of alkyl halides is 1. The van der Waals surface area contributed by atoms with Gasteiger partial charge in [-0.1, -0.05) is 46.6 Å². The number of carbonyl (C=O) groups excluding carboxylic acids is 1. The first kappa shape index (κ1) is 15.5. The van der Waals surface area contributed by atoms with Gasteiger partial charge in [-0.25, -0.2) is 4.52 Å². The average molecular weight is 400 g/mol. The number of amides is 1. The largest absolute Gasteiger partial charge is 0.292 e. The Balaban J connectivity index is 1.91. The van der Waals surface area contributed by atoms with E-state index in [1.165, 1.54) is 11.3 Å². The first-order valence-corrected chi connectivity index (χ1v) is 8.81. The van der Waals surface area contributed by atoms with Gasteiger partial charge in [0.15, 0.2) is 0 Å². The molecule has 0 aliphatic rings. The molecule has 5 nitrogen and oxygen atoms in total. The number of benzene rings is 1. The molecule has 0 aliphatic heterocycles. The molecule has 1 unspecified atom stereocenters. The van der Waals surface area contributed by atoms with Crippen molar-refractivity contribution in [1.29, 1.82) is 0 Å². The molecule has 1 atom stereocenters. The molecule has 114 valence electrons. The standard InChI is InChI=1S/C14H12BrClN4OS/c1-2-10(15)12(21)17-13-18-14-20(19-13)11(7-22-14)8-3-5-9(16)6-4-8/h3-7,10H,2H2,1H3,(H,17,19,21). The molecule has 2 heterocycles. The van der Waals surface area contributed by atoms with Crippen LogP contribution in [0.1, 0.15) is 13.3 Å². The van der Waals surface area contributed by atoms with Crippen molar-refractivity contribution in [2.45, 2.75) is 18.2 Å². The van der Waals surface area contributed by atoms with E-state index in [0.29, 0.717) is 17.4 Å². The van der Waals surface area contributed by atoms with Gasteiger partial charge in [0.25, 0.3) is 0 Å². The maximum absolute atomic E-state index is 11.9. The molecule has 0 spiro atoms. The highest BCUT2D eigenvalue weighted by Gasteiger charge is 2.17. The van der Waals surface area contributed by atoms with Gasteiger partial charge in [-0.05, 0) is 18.6 Å². The van der Waals surface area contributed by atoms with E-state index in [2.05, 4.69) is 31.3 Å². The molecule has 0 aliphatic carbocycles. The molecule has 3 aromatic rings. The number of nitrogens with zero attached hydrogens (tertiary/aromatic N) is 3. The Morgan fingerprint density at radius 2 is 2.18 bits per heavy atom. The molecule has 1 N–H and O–H groups in total. The van der Waals surface area contributed by atoms with E-state index in [1.807, 2.05) is 36.6 Å². The Labute approximate surface area is 144 Å². The zero-order valence-electron chi connectivity index (χ0n) is 11.6. The van der Waals surface area contributed by atoms with Crippen LogP contribution < -0.4 is 5.32 Å². The summed E-state index contributed by atoms with van der Waals surface area (Å²) in [5, 5.41) is 9.73. The molecule has 2 aromatic heterocycles. The number of thiazole rings is 1. The van der Waals surface area contributed by atoms with Crippen LogP contribution in [0.3, 0.4) is 0 Å². The lowest BCUT2D eigenvalue weighted by Crippen LogP contribution is -2.22. The van der Waals surface area contributed by atoms with Gasteiger partial charge in [-0.15, -0.1) is 16.4 Å². The Kier molecular flexibility index (Phi) is 4.46.